The van der Waals surface area contributed by atoms with Crippen molar-refractivity contribution in [2.45, 2.75) is 59.6 Å². The summed E-state index contributed by atoms with van der Waals surface area (Å²) in [5.41, 5.74) is 1.33. The molecule has 2 unspecified atom stereocenters. The Morgan fingerprint density at radius 2 is 1.89 bits per heavy atom. The van der Waals surface area contributed by atoms with Gasteiger partial charge in [0.05, 0.1) is 6.10 Å². The van der Waals surface area contributed by atoms with E-state index in [9.17, 15) is 0 Å². The summed E-state index contributed by atoms with van der Waals surface area (Å²) in [6, 6.07) is 8.93. The third kappa shape index (κ3) is 5.23. The molecular weight excluding hydrogens is 234 g/mol. The number of ether oxygens (including phenoxy) is 1. The minimum Gasteiger partial charge on any atom is -0.491 e. The predicted molar refractivity (Wildman–Crippen MR) is 82.7 cm³/mol. The van der Waals surface area contributed by atoms with Crippen molar-refractivity contribution in [3.63, 3.8) is 0 Å². The lowest BCUT2D eigenvalue weighted by atomic mass is 9.91. The third-order valence-electron chi connectivity index (χ3n) is 3.33. The standard InChI is InChI=1S/C17H29NO/c1-6-9-14(5)17(18-7-2)15-10-8-11-16(12-15)19-13(3)4/h8,10-14,17-18H,6-7,9H2,1-5H3. The van der Waals surface area contributed by atoms with E-state index < -0.39 is 0 Å². The zero-order chi connectivity index (χ0) is 14.3. The normalized spacial score (nSPS) is 14.4. The Hall–Kier alpha value is -1.02. The topological polar surface area (TPSA) is 21.3 Å². The quantitative estimate of drug-likeness (QED) is 0.742. The average Bonchev–Trinajstić information content (AvgIpc) is 2.35. The maximum Gasteiger partial charge on any atom is 0.120 e. The highest BCUT2D eigenvalue weighted by atomic mass is 16.5. The van der Waals surface area contributed by atoms with Crippen molar-refractivity contribution in [2.24, 2.45) is 5.92 Å². The summed E-state index contributed by atoms with van der Waals surface area (Å²) >= 11 is 0. The Kier molecular flexibility index (Phi) is 6.93. The van der Waals surface area contributed by atoms with Gasteiger partial charge < -0.3 is 10.1 Å². The first-order valence-electron chi connectivity index (χ1n) is 7.58. The highest BCUT2D eigenvalue weighted by Gasteiger charge is 2.18. The van der Waals surface area contributed by atoms with E-state index >= 15 is 0 Å². The average molecular weight is 263 g/mol. The van der Waals surface area contributed by atoms with Gasteiger partial charge >= 0.3 is 0 Å². The molecule has 0 aromatic heterocycles. The van der Waals surface area contributed by atoms with E-state index in [1.165, 1.54) is 18.4 Å². The largest absolute Gasteiger partial charge is 0.491 e. The van der Waals surface area contributed by atoms with Gasteiger partial charge in [0.25, 0.3) is 0 Å². The van der Waals surface area contributed by atoms with Crippen LogP contribution in [-0.2, 0) is 0 Å². The fraction of sp³-hybridized carbons (Fsp3) is 0.647. The van der Waals surface area contributed by atoms with Gasteiger partial charge in [0.2, 0.25) is 0 Å². The van der Waals surface area contributed by atoms with Gasteiger partial charge in [-0.3, -0.25) is 0 Å². The lowest BCUT2D eigenvalue weighted by molar-refractivity contribution is 0.241. The molecule has 0 aliphatic heterocycles. The molecule has 0 bridgehead atoms. The predicted octanol–water partition coefficient (Wildman–Crippen LogP) is 4.56. The summed E-state index contributed by atoms with van der Waals surface area (Å²) in [5.74, 6) is 1.61. The van der Waals surface area contributed by atoms with Crippen molar-refractivity contribution in [1.29, 1.82) is 0 Å². The molecule has 0 amide bonds. The van der Waals surface area contributed by atoms with E-state index in [0.29, 0.717) is 12.0 Å². The summed E-state index contributed by atoms with van der Waals surface area (Å²) in [5, 5.41) is 3.61. The van der Waals surface area contributed by atoms with Gasteiger partial charge in [-0.2, -0.15) is 0 Å². The summed E-state index contributed by atoms with van der Waals surface area (Å²) in [7, 11) is 0. The smallest absolute Gasteiger partial charge is 0.120 e. The zero-order valence-corrected chi connectivity index (χ0v) is 13.1. The molecule has 19 heavy (non-hydrogen) atoms. The number of rotatable bonds is 8. The molecule has 1 N–H and O–H groups in total. The minimum absolute atomic E-state index is 0.223. The molecule has 0 radical (unpaired) electrons. The van der Waals surface area contributed by atoms with Gasteiger partial charge in [0, 0.05) is 6.04 Å². The maximum absolute atomic E-state index is 5.80. The Bertz CT molecular complexity index is 362. The Morgan fingerprint density at radius 1 is 1.16 bits per heavy atom. The number of benzene rings is 1. The molecule has 0 heterocycles. The minimum atomic E-state index is 0.223. The van der Waals surface area contributed by atoms with Crippen LogP contribution in [0.3, 0.4) is 0 Å². The molecule has 1 rings (SSSR count). The van der Waals surface area contributed by atoms with Crippen molar-refractivity contribution in [3.8, 4) is 5.75 Å². The second kappa shape index (κ2) is 8.21. The molecule has 0 saturated carbocycles. The highest BCUT2D eigenvalue weighted by Crippen LogP contribution is 2.28. The summed E-state index contributed by atoms with van der Waals surface area (Å²) in [6.45, 7) is 11.9. The molecule has 0 saturated heterocycles. The van der Waals surface area contributed by atoms with Crippen LogP contribution in [-0.4, -0.2) is 12.6 Å². The zero-order valence-electron chi connectivity index (χ0n) is 13.1. The lowest BCUT2D eigenvalue weighted by Crippen LogP contribution is -2.26. The van der Waals surface area contributed by atoms with Crippen molar-refractivity contribution >= 4 is 0 Å². The molecule has 2 nitrogen and oxygen atoms in total. The van der Waals surface area contributed by atoms with Gasteiger partial charge in [-0.15, -0.1) is 0 Å². The second-order valence-electron chi connectivity index (χ2n) is 5.54. The van der Waals surface area contributed by atoms with E-state index in [1.807, 2.05) is 6.07 Å². The summed E-state index contributed by atoms with van der Waals surface area (Å²) in [4.78, 5) is 0. The molecule has 0 aliphatic carbocycles. The SMILES string of the molecule is CCCC(C)C(NCC)c1cccc(OC(C)C)c1. The Morgan fingerprint density at radius 3 is 2.47 bits per heavy atom. The van der Waals surface area contributed by atoms with Crippen LogP contribution in [0.4, 0.5) is 0 Å². The highest BCUT2D eigenvalue weighted by molar-refractivity contribution is 5.31. The molecular formula is C17H29NO. The molecule has 2 heteroatoms. The van der Waals surface area contributed by atoms with Crippen LogP contribution in [0.5, 0.6) is 5.75 Å². The van der Waals surface area contributed by atoms with Gasteiger partial charge in [0.1, 0.15) is 5.75 Å². The summed E-state index contributed by atoms with van der Waals surface area (Å²) < 4.78 is 5.80. The molecule has 2 atom stereocenters. The molecule has 1 aromatic carbocycles. The third-order valence-corrected chi connectivity index (χ3v) is 3.33. The van der Waals surface area contributed by atoms with E-state index in [2.05, 4.69) is 58.1 Å². The molecule has 0 fully saturated rings. The maximum atomic E-state index is 5.80. The lowest BCUT2D eigenvalue weighted by Gasteiger charge is -2.25. The molecule has 1 aromatic rings. The first-order valence-corrected chi connectivity index (χ1v) is 7.58. The van der Waals surface area contributed by atoms with Crippen LogP contribution in [0.1, 0.15) is 59.1 Å². The van der Waals surface area contributed by atoms with Gasteiger partial charge in [-0.25, -0.2) is 0 Å². The van der Waals surface area contributed by atoms with Crippen molar-refractivity contribution < 1.29 is 4.74 Å². The Labute approximate surface area is 118 Å². The van der Waals surface area contributed by atoms with Crippen molar-refractivity contribution in [2.75, 3.05) is 6.54 Å². The molecule has 108 valence electrons. The molecule has 0 aliphatic rings. The fourth-order valence-corrected chi connectivity index (χ4v) is 2.54. The fourth-order valence-electron chi connectivity index (χ4n) is 2.54. The van der Waals surface area contributed by atoms with Gasteiger partial charge in [-0.05, 0) is 50.4 Å². The van der Waals surface area contributed by atoms with Crippen LogP contribution in [0.25, 0.3) is 0 Å². The molecule has 0 spiro atoms. The van der Waals surface area contributed by atoms with Gasteiger partial charge in [-0.1, -0.05) is 39.3 Å². The summed E-state index contributed by atoms with van der Waals surface area (Å²) in [6.07, 6.45) is 2.69. The van der Waals surface area contributed by atoms with Crippen LogP contribution in [0.2, 0.25) is 0 Å². The van der Waals surface area contributed by atoms with Crippen LogP contribution >= 0.6 is 0 Å². The number of hydrogen-bond acceptors (Lipinski definition) is 2. The van der Waals surface area contributed by atoms with E-state index in [1.54, 1.807) is 0 Å². The Balaban J connectivity index is 2.88. The van der Waals surface area contributed by atoms with E-state index in [0.717, 1.165) is 12.3 Å². The van der Waals surface area contributed by atoms with Crippen LogP contribution in [0.15, 0.2) is 24.3 Å². The number of nitrogens with one attached hydrogen (secondary N) is 1. The first-order chi connectivity index (χ1) is 9.08. The van der Waals surface area contributed by atoms with E-state index in [4.69, 9.17) is 4.74 Å². The van der Waals surface area contributed by atoms with Crippen molar-refractivity contribution in [3.05, 3.63) is 29.8 Å². The number of hydrogen-bond donors (Lipinski definition) is 1. The van der Waals surface area contributed by atoms with Crippen LogP contribution in [0, 0.1) is 5.92 Å². The van der Waals surface area contributed by atoms with Gasteiger partial charge in [0.15, 0.2) is 0 Å². The monoisotopic (exact) mass is 263 g/mol. The second-order valence-corrected chi connectivity index (χ2v) is 5.54. The first kappa shape index (κ1) is 16.0. The van der Waals surface area contributed by atoms with Crippen molar-refractivity contribution in [1.82, 2.24) is 5.32 Å². The van der Waals surface area contributed by atoms with Crippen LogP contribution < -0.4 is 10.1 Å². The van der Waals surface area contributed by atoms with E-state index in [-0.39, 0.29) is 6.10 Å².